The van der Waals surface area contributed by atoms with Gasteiger partial charge < -0.3 is 0 Å². The molecule has 2 fully saturated rings. The lowest BCUT2D eigenvalue weighted by Crippen LogP contribution is -2.49. The van der Waals surface area contributed by atoms with Gasteiger partial charge in [-0.1, -0.05) is 66.0 Å². The molecule has 2 aromatic rings. The number of fused-ring (bicyclic) bond motifs is 1. The Bertz CT molecular complexity index is 1100. The van der Waals surface area contributed by atoms with Gasteiger partial charge in [-0.2, -0.15) is 5.01 Å². The minimum atomic E-state index is -0.659. The van der Waals surface area contributed by atoms with E-state index in [0.29, 0.717) is 18.4 Å². The maximum atomic E-state index is 13.5. The zero-order valence-corrected chi connectivity index (χ0v) is 21.8. The van der Waals surface area contributed by atoms with Crippen LogP contribution in [0.3, 0.4) is 0 Å². The molecule has 1 saturated heterocycles. The minimum Gasteiger partial charge on any atom is -0.272 e. The molecule has 4 rings (SSSR count). The van der Waals surface area contributed by atoms with E-state index in [9.17, 15) is 24.5 Å². The van der Waals surface area contributed by atoms with Crippen molar-refractivity contribution < 1.29 is 19.3 Å². The number of hydrogen-bond donors (Lipinski definition) is 0. The molecular weight excluding hydrogens is 626 g/mol. The van der Waals surface area contributed by atoms with Gasteiger partial charge in [0.25, 0.3) is 23.4 Å². The zero-order chi connectivity index (χ0) is 23.9. The van der Waals surface area contributed by atoms with Crippen LogP contribution in [0.5, 0.6) is 0 Å². The van der Waals surface area contributed by atoms with Crippen LogP contribution in [0.4, 0.5) is 5.69 Å². The summed E-state index contributed by atoms with van der Waals surface area (Å²) >= 11 is 10.5. The second-order valence-corrected chi connectivity index (χ2v) is 11.3. The van der Waals surface area contributed by atoms with Gasteiger partial charge in [0.05, 0.1) is 23.3 Å². The molecule has 3 amide bonds. The molecule has 8 nitrogen and oxygen atoms in total. The van der Waals surface area contributed by atoms with Gasteiger partial charge in [0, 0.05) is 31.8 Å². The third kappa shape index (κ3) is 4.76. The lowest BCUT2D eigenvalue weighted by molar-refractivity contribution is -0.384. The molecule has 2 aliphatic rings. The van der Waals surface area contributed by atoms with Crippen molar-refractivity contribution in [3.05, 3.63) is 74.2 Å². The first-order valence-corrected chi connectivity index (χ1v) is 12.8. The molecule has 172 valence electrons. The van der Waals surface area contributed by atoms with Crippen molar-refractivity contribution in [2.24, 2.45) is 11.8 Å². The summed E-state index contributed by atoms with van der Waals surface area (Å²) in [7, 11) is 0. The number of nitrogens with zero attached hydrogens (tertiary/aromatic N) is 3. The quantitative estimate of drug-likeness (QED) is 0.201. The van der Waals surface area contributed by atoms with Crippen LogP contribution < -0.4 is 0 Å². The number of rotatable bonds is 5. The summed E-state index contributed by atoms with van der Waals surface area (Å²) in [6, 6.07) is 12.4. The summed E-state index contributed by atoms with van der Waals surface area (Å²) in [4.78, 5) is 50.9. The number of nitro groups is 1. The number of amides is 3. The number of carbonyl (C=O) groups is 3. The average Bonchev–Trinajstić information content (AvgIpc) is 3.02. The number of nitro benzene ring substituents is 1. The molecular formula is C22H18Br3N3O5. The summed E-state index contributed by atoms with van der Waals surface area (Å²) < 4.78 is 0.842. The number of hydrazine groups is 1. The Morgan fingerprint density at radius 2 is 1.61 bits per heavy atom. The number of hydrogen-bond acceptors (Lipinski definition) is 5. The van der Waals surface area contributed by atoms with E-state index in [1.807, 2.05) is 0 Å². The Morgan fingerprint density at radius 3 is 2.15 bits per heavy atom. The summed E-state index contributed by atoms with van der Waals surface area (Å²) in [5.74, 6) is -2.57. The first-order chi connectivity index (χ1) is 15.7. The largest absolute Gasteiger partial charge is 0.273 e. The highest BCUT2D eigenvalue weighted by Crippen LogP contribution is 2.44. The Morgan fingerprint density at radius 1 is 1.03 bits per heavy atom. The molecule has 0 bridgehead atoms. The van der Waals surface area contributed by atoms with E-state index in [1.165, 1.54) is 18.2 Å². The van der Waals surface area contributed by atoms with Crippen LogP contribution in [0.2, 0.25) is 0 Å². The summed E-state index contributed by atoms with van der Waals surface area (Å²) in [6.07, 6.45) is 0.942. The highest BCUT2D eigenvalue weighted by atomic mass is 79.9. The molecule has 4 atom stereocenters. The third-order valence-electron chi connectivity index (χ3n) is 5.91. The highest BCUT2D eigenvalue weighted by molar-refractivity contribution is 9.12. The fourth-order valence-electron chi connectivity index (χ4n) is 4.21. The Balaban J connectivity index is 1.72. The minimum absolute atomic E-state index is 0.0218. The number of imide groups is 1. The average molecular weight is 644 g/mol. The zero-order valence-electron chi connectivity index (χ0n) is 17.1. The van der Waals surface area contributed by atoms with E-state index >= 15 is 0 Å². The first kappa shape index (κ1) is 24.0. The maximum Gasteiger partial charge on any atom is 0.273 e. The SMILES string of the molecule is O=C(c1cccc([N+](=O)[O-])c1)N(Cc1ccc(Br)cc1)N1C(=O)[C@H]2C[C@@H](Br)[C@@H](Br)C[C@H]2C1=O. The molecule has 11 heteroatoms. The van der Waals surface area contributed by atoms with Gasteiger partial charge in [-0.3, -0.25) is 24.5 Å². The van der Waals surface area contributed by atoms with Crippen LogP contribution in [0.1, 0.15) is 28.8 Å². The lowest BCUT2D eigenvalue weighted by atomic mass is 9.81. The van der Waals surface area contributed by atoms with Crippen LogP contribution in [0, 0.1) is 22.0 Å². The molecule has 0 aromatic heterocycles. The molecule has 2 aromatic carbocycles. The Labute approximate surface area is 214 Å². The van der Waals surface area contributed by atoms with Crippen LogP contribution in [0.25, 0.3) is 0 Å². The Hall–Kier alpha value is -2.11. The number of halogens is 3. The second kappa shape index (κ2) is 9.63. The van der Waals surface area contributed by atoms with E-state index in [-0.39, 0.29) is 27.4 Å². The van der Waals surface area contributed by atoms with E-state index in [1.54, 1.807) is 24.3 Å². The Kier molecular flexibility index (Phi) is 7.01. The van der Waals surface area contributed by atoms with Gasteiger partial charge in [-0.15, -0.1) is 0 Å². The van der Waals surface area contributed by atoms with E-state index in [2.05, 4.69) is 47.8 Å². The van der Waals surface area contributed by atoms with Crippen LogP contribution >= 0.6 is 47.8 Å². The van der Waals surface area contributed by atoms with Gasteiger partial charge in [-0.05, 0) is 36.6 Å². The van der Waals surface area contributed by atoms with Crippen LogP contribution in [0.15, 0.2) is 53.0 Å². The number of benzene rings is 2. The van der Waals surface area contributed by atoms with E-state index < -0.39 is 34.5 Å². The number of carbonyl (C=O) groups excluding carboxylic acids is 3. The van der Waals surface area contributed by atoms with Crippen molar-refractivity contribution in [3.63, 3.8) is 0 Å². The highest BCUT2D eigenvalue weighted by Gasteiger charge is 2.54. The fourth-order valence-corrected chi connectivity index (χ4v) is 5.71. The summed E-state index contributed by atoms with van der Waals surface area (Å²) in [5, 5.41) is 13.3. The molecule has 1 saturated carbocycles. The van der Waals surface area contributed by atoms with Gasteiger partial charge in [0.15, 0.2) is 0 Å². The molecule has 0 unspecified atom stereocenters. The van der Waals surface area contributed by atoms with Crippen LogP contribution in [-0.4, -0.2) is 42.3 Å². The standard InChI is InChI=1S/C22H18Br3N3O5/c23-14-6-4-12(5-7-14)11-26(20(29)13-2-1-3-15(8-13)28(32)33)27-21(30)16-9-18(24)19(25)10-17(16)22(27)31/h1-8,16-19H,9-11H2/t16-,17+,18+,19-. The van der Waals surface area contributed by atoms with Crippen molar-refractivity contribution in [2.45, 2.75) is 29.0 Å². The van der Waals surface area contributed by atoms with Crippen molar-refractivity contribution >= 4 is 71.2 Å². The lowest BCUT2D eigenvalue weighted by Gasteiger charge is -2.30. The fraction of sp³-hybridized carbons (Fsp3) is 0.318. The van der Waals surface area contributed by atoms with Crippen molar-refractivity contribution in [1.29, 1.82) is 0 Å². The monoisotopic (exact) mass is 641 g/mol. The topological polar surface area (TPSA) is 101 Å². The van der Waals surface area contributed by atoms with Gasteiger partial charge >= 0.3 is 0 Å². The number of alkyl halides is 2. The van der Waals surface area contributed by atoms with E-state index in [4.69, 9.17) is 0 Å². The predicted molar refractivity (Wildman–Crippen MR) is 131 cm³/mol. The number of non-ortho nitro benzene ring substituents is 1. The third-order valence-corrected chi connectivity index (χ3v) is 9.18. The van der Waals surface area contributed by atoms with Gasteiger partial charge in [0.1, 0.15) is 0 Å². The van der Waals surface area contributed by atoms with Crippen molar-refractivity contribution in [3.8, 4) is 0 Å². The molecule has 0 N–H and O–H groups in total. The second-order valence-electron chi connectivity index (χ2n) is 8.00. The smallest absolute Gasteiger partial charge is 0.272 e. The molecule has 1 aliphatic carbocycles. The molecule has 1 heterocycles. The maximum absolute atomic E-state index is 13.5. The predicted octanol–water partition coefficient (Wildman–Crippen LogP) is 4.84. The van der Waals surface area contributed by atoms with Crippen LogP contribution in [-0.2, 0) is 16.1 Å². The molecule has 33 heavy (non-hydrogen) atoms. The van der Waals surface area contributed by atoms with Crippen molar-refractivity contribution in [1.82, 2.24) is 10.0 Å². The normalized spacial score (nSPS) is 24.5. The van der Waals surface area contributed by atoms with Gasteiger partial charge in [-0.25, -0.2) is 5.01 Å². The first-order valence-electron chi connectivity index (χ1n) is 10.1. The van der Waals surface area contributed by atoms with Gasteiger partial charge in [0.2, 0.25) is 0 Å². The summed E-state index contributed by atoms with van der Waals surface area (Å²) in [6.45, 7) is -0.0405. The molecule has 1 aliphatic heterocycles. The summed E-state index contributed by atoms with van der Waals surface area (Å²) in [5.41, 5.74) is 0.471. The van der Waals surface area contributed by atoms with Crippen molar-refractivity contribution in [2.75, 3.05) is 0 Å². The molecule has 0 radical (unpaired) electrons. The molecule has 0 spiro atoms. The van der Waals surface area contributed by atoms with E-state index in [0.717, 1.165) is 20.6 Å².